The molecule has 0 radical (unpaired) electrons. The lowest BCUT2D eigenvalue weighted by atomic mass is 10.1. The molecule has 17 heavy (non-hydrogen) atoms. The Morgan fingerprint density at radius 2 is 2.00 bits per heavy atom. The number of aryl methyl sites for hydroxylation is 2. The maximum atomic E-state index is 5.41. The maximum Gasteiger partial charge on any atom is 0.120 e. The van der Waals surface area contributed by atoms with E-state index in [2.05, 4.69) is 39.1 Å². The van der Waals surface area contributed by atoms with Gasteiger partial charge in [-0.3, -0.25) is 0 Å². The highest BCUT2D eigenvalue weighted by Gasteiger charge is 2.15. The molecule has 2 nitrogen and oxygen atoms in total. The van der Waals surface area contributed by atoms with Gasteiger partial charge in [0.25, 0.3) is 0 Å². The fraction of sp³-hybridized carbons (Fsp3) is 0.429. The number of hydrogen-bond acceptors (Lipinski definition) is 3. The minimum absolute atomic E-state index is 0.236. The Morgan fingerprint density at radius 1 is 1.24 bits per heavy atom. The second-order valence-corrected chi connectivity index (χ2v) is 5.95. The molecule has 0 bridgehead atoms. The SMILES string of the molecule is Cc1cc(C(C)N[C@@H](C)c2ccco2)c(C)s1. The number of rotatable bonds is 4. The molecule has 2 rings (SSSR count). The van der Waals surface area contributed by atoms with E-state index in [9.17, 15) is 0 Å². The Hall–Kier alpha value is -1.06. The summed E-state index contributed by atoms with van der Waals surface area (Å²) in [5.74, 6) is 0.987. The number of furan rings is 1. The smallest absolute Gasteiger partial charge is 0.120 e. The first-order chi connectivity index (χ1) is 8.08. The standard InChI is InChI=1S/C14H19NOS/c1-9-8-13(12(4)17-9)10(2)15-11(3)14-6-5-7-16-14/h5-8,10-11,15H,1-4H3/t10?,11-/m0/s1. The molecule has 0 amide bonds. The third-order valence-corrected chi connectivity index (χ3v) is 4.00. The summed E-state index contributed by atoms with van der Waals surface area (Å²) in [6.07, 6.45) is 1.72. The van der Waals surface area contributed by atoms with Crippen molar-refractivity contribution in [3.05, 3.63) is 45.5 Å². The Labute approximate surface area is 107 Å². The third-order valence-electron chi connectivity index (χ3n) is 3.02. The van der Waals surface area contributed by atoms with E-state index in [0.717, 1.165) is 5.76 Å². The van der Waals surface area contributed by atoms with E-state index in [-0.39, 0.29) is 6.04 Å². The van der Waals surface area contributed by atoms with Crippen LogP contribution in [0.25, 0.3) is 0 Å². The Bertz CT molecular complexity index is 472. The Kier molecular flexibility index (Phi) is 3.69. The van der Waals surface area contributed by atoms with Gasteiger partial charge in [-0.2, -0.15) is 0 Å². The third kappa shape index (κ3) is 2.79. The molecule has 2 atom stereocenters. The first kappa shape index (κ1) is 12.4. The lowest BCUT2D eigenvalue weighted by Gasteiger charge is -2.18. The van der Waals surface area contributed by atoms with E-state index in [1.54, 1.807) is 6.26 Å². The lowest BCUT2D eigenvalue weighted by molar-refractivity contribution is 0.403. The zero-order chi connectivity index (χ0) is 12.4. The number of nitrogens with one attached hydrogen (secondary N) is 1. The minimum Gasteiger partial charge on any atom is -0.468 e. The summed E-state index contributed by atoms with van der Waals surface area (Å²) in [5.41, 5.74) is 1.39. The van der Waals surface area contributed by atoms with Gasteiger partial charge in [0.1, 0.15) is 5.76 Å². The Balaban J connectivity index is 2.06. The fourth-order valence-electron chi connectivity index (χ4n) is 2.16. The second-order valence-electron chi connectivity index (χ2n) is 4.49. The highest BCUT2D eigenvalue weighted by molar-refractivity contribution is 7.12. The summed E-state index contributed by atoms with van der Waals surface area (Å²) in [5, 5.41) is 3.57. The van der Waals surface area contributed by atoms with Crippen LogP contribution >= 0.6 is 11.3 Å². The second kappa shape index (κ2) is 5.07. The molecule has 0 saturated carbocycles. The normalized spacial score (nSPS) is 14.8. The van der Waals surface area contributed by atoms with Crippen molar-refractivity contribution < 1.29 is 4.42 Å². The molecule has 0 saturated heterocycles. The van der Waals surface area contributed by atoms with Gasteiger partial charge in [0.15, 0.2) is 0 Å². The first-order valence-electron chi connectivity index (χ1n) is 5.94. The highest BCUT2D eigenvalue weighted by Crippen LogP contribution is 2.28. The first-order valence-corrected chi connectivity index (χ1v) is 6.76. The molecule has 0 aliphatic heterocycles. The van der Waals surface area contributed by atoms with Gasteiger partial charge in [-0.05, 0) is 51.5 Å². The van der Waals surface area contributed by atoms with E-state index in [4.69, 9.17) is 4.42 Å². The fourth-order valence-corrected chi connectivity index (χ4v) is 3.19. The van der Waals surface area contributed by atoms with Gasteiger partial charge >= 0.3 is 0 Å². The minimum atomic E-state index is 0.236. The average molecular weight is 249 g/mol. The van der Waals surface area contributed by atoms with E-state index >= 15 is 0 Å². The molecule has 2 aromatic rings. The molecule has 0 aromatic carbocycles. The van der Waals surface area contributed by atoms with E-state index in [0.29, 0.717) is 6.04 Å². The van der Waals surface area contributed by atoms with Crippen molar-refractivity contribution in [2.24, 2.45) is 0 Å². The predicted molar refractivity (Wildman–Crippen MR) is 72.5 cm³/mol. The van der Waals surface area contributed by atoms with E-state index < -0.39 is 0 Å². The molecule has 2 aromatic heterocycles. The molecule has 0 aliphatic carbocycles. The van der Waals surface area contributed by atoms with Crippen molar-refractivity contribution in [1.82, 2.24) is 5.32 Å². The van der Waals surface area contributed by atoms with Gasteiger partial charge in [0, 0.05) is 15.8 Å². The molecular weight excluding hydrogens is 230 g/mol. The summed E-state index contributed by atoms with van der Waals surface area (Å²) in [7, 11) is 0. The van der Waals surface area contributed by atoms with E-state index in [1.807, 2.05) is 23.5 Å². The lowest BCUT2D eigenvalue weighted by Crippen LogP contribution is -2.22. The summed E-state index contributed by atoms with van der Waals surface area (Å²) in [6.45, 7) is 8.67. The molecular formula is C14H19NOS. The van der Waals surface area contributed by atoms with Crippen LogP contribution in [0.2, 0.25) is 0 Å². The summed E-state index contributed by atoms with van der Waals surface area (Å²) in [4.78, 5) is 2.77. The van der Waals surface area contributed by atoms with Crippen LogP contribution in [0.1, 0.15) is 47.0 Å². The molecule has 3 heteroatoms. The quantitative estimate of drug-likeness (QED) is 0.870. The van der Waals surface area contributed by atoms with Crippen LogP contribution in [0.5, 0.6) is 0 Å². The molecule has 0 aliphatic rings. The summed E-state index contributed by atoms with van der Waals surface area (Å²) < 4.78 is 5.41. The van der Waals surface area contributed by atoms with Gasteiger partial charge in [-0.15, -0.1) is 11.3 Å². The number of thiophene rings is 1. The van der Waals surface area contributed by atoms with Crippen molar-refractivity contribution in [2.75, 3.05) is 0 Å². The zero-order valence-electron chi connectivity index (χ0n) is 10.8. The van der Waals surface area contributed by atoms with Crippen LogP contribution < -0.4 is 5.32 Å². The van der Waals surface area contributed by atoms with Crippen LogP contribution in [-0.4, -0.2) is 0 Å². The highest BCUT2D eigenvalue weighted by atomic mass is 32.1. The van der Waals surface area contributed by atoms with Gasteiger partial charge in [-0.25, -0.2) is 0 Å². The Morgan fingerprint density at radius 3 is 2.53 bits per heavy atom. The van der Waals surface area contributed by atoms with Crippen LogP contribution in [-0.2, 0) is 0 Å². The molecule has 92 valence electrons. The van der Waals surface area contributed by atoms with Crippen molar-refractivity contribution in [3.63, 3.8) is 0 Å². The monoisotopic (exact) mass is 249 g/mol. The van der Waals surface area contributed by atoms with Crippen molar-refractivity contribution >= 4 is 11.3 Å². The number of hydrogen-bond donors (Lipinski definition) is 1. The summed E-state index contributed by atoms with van der Waals surface area (Å²) in [6, 6.07) is 6.79. The molecule has 1 N–H and O–H groups in total. The largest absolute Gasteiger partial charge is 0.468 e. The van der Waals surface area contributed by atoms with E-state index in [1.165, 1.54) is 15.3 Å². The maximum absolute atomic E-state index is 5.41. The van der Waals surface area contributed by atoms with Gasteiger partial charge < -0.3 is 9.73 Å². The van der Waals surface area contributed by atoms with Crippen molar-refractivity contribution in [3.8, 4) is 0 Å². The predicted octanol–water partition coefficient (Wildman–Crippen LogP) is 4.37. The van der Waals surface area contributed by atoms with Crippen LogP contribution in [0.3, 0.4) is 0 Å². The van der Waals surface area contributed by atoms with Gasteiger partial charge in [0.2, 0.25) is 0 Å². The molecule has 2 heterocycles. The molecule has 1 unspecified atom stereocenters. The topological polar surface area (TPSA) is 25.2 Å². The van der Waals surface area contributed by atoms with Crippen molar-refractivity contribution in [1.29, 1.82) is 0 Å². The molecule has 0 spiro atoms. The van der Waals surface area contributed by atoms with Crippen LogP contribution in [0, 0.1) is 13.8 Å². The van der Waals surface area contributed by atoms with Gasteiger partial charge in [0.05, 0.1) is 12.3 Å². The van der Waals surface area contributed by atoms with Crippen molar-refractivity contribution in [2.45, 2.75) is 39.8 Å². The van der Waals surface area contributed by atoms with Gasteiger partial charge in [-0.1, -0.05) is 0 Å². The van der Waals surface area contributed by atoms with Crippen LogP contribution in [0.4, 0.5) is 0 Å². The summed E-state index contributed by atoms with van der Waals surface area (Å²) >= 11 is 1.86. The zero-order valence-corrected chi connectivity index (χ0v) is 11.6. The van der Waals surface area contributed by atoms with Crippen LogP contribution in [0.15, 0.2) is 28.9 Å². The average Bonchev–Trinajstić information content (AvgIpc) is 2.87. The molecule has 0 fully saturated rings.